The Morgan fingerprint density at radius 1 is 1.30 bits per heavy atom. The third-order valence-corrected chi connectivity index (χ3v) is 3.28. The molecule has 0 aliphatic rings. The summed E-state index contributed by atoms with van der Waals surface area (Å²) in [7, 11) is 1.53. The average Bonchev–Trinajstić information content (AvgIpc) is 2.89. The van der Waals surface area contributed by atoms with E-state index in [4.69, 9.17) is 23.8 Å². The molecule has 0 unspecified atom stereocenters. The molecule has 0 spiro atoms. The van der Waals surface area contributed by atoms with Crippen molar-refractivity contribution < 1.29 is 9.72 Å². The van der Waals surface area contributed by atoms with E-state index >= 15 is 0 Å². The van der Waals surface area contributed by atoms with Gasteiger partial charge in [-0.25, -0.2) is 0 Å². The maximum absolute atomic E-state index is 12.0. The van der Waals surface area contributed by atoms with E-state index in [1.165, 1.54) is 23.9 Å². The number of nitrogens with one attached hydrogen (secondary N) is 3. The topological polar surface area (TPSA) is 101 Å². The molecular weight excluding hydrogens is 342 g/mol. The van der Waals surface area contributed by atoms with Gasteiger partial charge in [0.15, 0.2) is 5.11 Å². The summed E-state index contributed by atoms with van der Waals surface area (Å²) in [5.41, 5.74) is 5.52. The third-order valence-electron chi connectivity index (χ3n) is 2.83. The lowest BCUT2D eigenvalue weighted by molar-refractivity contribution is -0.384. The van der Waals surface area contributed by atoms with Gasteiger partial charge in [0.1, 0.15) is 5.69 Å². The molecule has 3 N–H and O–H groups in total. The molecule has 0 saturated carbocycles. The molecule has 0 radical (unpaired) electrons. The Morgan fingerprint density at radius 3 is 2.52 bits per heavy atom. The summed E-state index contributed by atoms with van der Waals surface area (Å²) in [6.07, 6.45) is 1.25. The lowest BCUT2D eigenvalue weighted by atomic mass is 10.3. The fourth-order valence-corrected chi connectivity index (χ4v) is 2.04. The maximum atomic E-state index is 12.0. The van der Waals surface area contributed by atoms with Crippen LogP contribution in [0.15, 0.2) is 36.5 Å². The SMILES string of the molecule is Cn1cc([N+](=O)[O-])cc1C(=O)NNC(=S)Nc1ccc(Cl)cc1. The number of rotatable bonds is 3. The average molecular weight is 354 g/mol. The molecule has 1 aromatic heterocycles. The fraction of sp³-hybridized carbons (Fsp3) is 0.0769. The second-order valence-corrected chi connectivity index (χ2v) is 5.34. The normalized spacial score (nSPS) is 10.0. The molecule has 0 atom stereocenters. The molecule has 0 aliphatic heterocycles. The van der Waals surface area contributed by atoms with Gasteiger partial charge in [-0.15, -0.1) is 0 Å². The number of aromatic nitrogens is 1. The number of hydrogen-bond acceptors (Lipinski definition) is 4. The smallest absolute Gasteiger partial charge is 0.287 e. The van der Waals surface area contributed by atoms with Crippen LogP contribution in [0.4, 0.5) is 11.4 Å². The first-order valence-corrected chi connectivity index (χ1v) is 7.09. The number of benzene rings is 1. The van der Waals surface area contributed by atoms with Gasteiger partial charge in [0.05, 0.1) is 11.1 Å². The Bertz CT molecular complexity index is 759. The number of carbonyl (C=O) groups excluding carboxylic acids is 1. The van der Waals surface area contributed by atoms with Crippen LogP contribution in [0.2, 0.25) is 5.02 Å². The summed E-state index contributed by atoms with van der Waals surface area (Å²) in [5.74, 6) is -0.555. The predicted molar refractivity (Wildman–Crippen MR) is 90.3 cm³/mol. The summed E-state index contributed by atoms with van der Waals surface area (Å²) in [6.45, 7) is 0. The highest BCUT2D eigenvalue weighted by Gasteiger charge is 2.17. The summed E-state index contributed by atoms with van der Waals surface area (Å²) in [4.78, 5) is 22.1. The van der Waals surface area contributed by atoms with Gasteiger partial charge < -0.3 is 9.88 Å². The number of aryl methyl sites for hydroxylation is 1. The molecule has 0 saturated heterocycles. The van der Waals surface area contributed by atoms with E-state index in [1.54, 1.807) is 24.3 Å². The summed E-state index contributed by atoms with van der Waals surface area (Å²) >= 11 is 10.8. The summed E-state index contributed by atoms with van der Waals surface area (Å²) in [6, 6.07) is 7.99. The van der Waals surface area contributed by atoms with Gasteiger partial charge in [-0.3, -0.25) is 25.8 Å². The molecule has 2 aromatic rings. The van der Waals surface area contributed by atoms with Gasteiger partial charge in [-0.05, 0) is 36.5 Å². The van der Waals surface area contributed by atoms with E-state index in [0.29, 0.717) is 10.7 Å². The second kappa shape index (κ2) is 7.07. The first-order valence-electron chi connectivity index (χ1n) is 6.30. The number of hydrogen-bond donors (Lipinski definition) is 3. The highest BCUT2D eigenvalue weighted by Crippen LogP contribution is 2.15. The van der Waals surface area contributed by atoms with Gasteiger partial charge >= 0.3 is 0 Å². The van der Waals surface area contributed by atoms with E-state index in [-0.39, 0.29) is 16.5 Å². The molecule has 120 valence electrons. The van der Waals surface area contributed by atoms with E-state index < -0.39 is 10.8 Å². The van der Waals surface area contributed by atoms with Gasteiger partial charge in [-0.2, -0.15) is 0 Å². The minimum Gasteiger partial charge on any atom is -0.340 e. The summed E-state index contributed by atoms with van der Waals surface area (Å²) < 4.78 is 1.35. The minimum absolute atomic E-state index is 0.124. The molecule has 1 aromatic carbocycles. The molecule has 8 nitrogen and oxygen atoms in total. The van der Waals surface area contributed by atoms with Gasteiger partial charge in [-0.1, -0.05) is 11.6 Å². The van der Waals surface area contributed by atoms with Gasteiger partial charge in [0.25, 0.3) is 11.6 Å². The number of anilines is 1. The molecule has 1 heterocycles. The maximum Gasteiger partial charge on any atom is 0.287 e. The van der Waals surface area contributed by atoms with E-state index in [1.807, 2.05) is 0 Å². The van der Waals surface area contributed by atoms with Crippen molar-refractivity contribution in [3.8, 4) is 0 Å². The molecule has 1 amide bonds. The zero-order chi connectivity index (χ0) is 17.0. The minimum atomic E-state index is -0.572. The number of nitro groups is 1. The van der Waals surface area contributed by atoms with Crippen LogP contribution in [-0.2, 0) is 7.05 Å². The second-order valence-electron chi connectivity index (χ2n) is 4.49. The van der Waals surface area contributed by atoms with Crippen molar-refractivity contribution in [2.24, 2.45) is 7.05 Å². The largest absolute Gasteiger partial charge is 0.340 e. The van der Waals surface area contributed by atoms with Crippen molar-refractivity contribution in [2.45, 2.75) is 0 Å². The van der Waals surface area contributed by atoms with Crippen LogP contribution in [0.1, 0.15) is 10.5 Å². The zero-order valence-electron chi connectivity index (χ0n) is 11.9. The third kappa shape index (κ3) is 4.41. The molecule has 10 heteroatoms. The summed E-state index contributed by atoms with van der Waals surface area (Å²) in [5, 5.41) is 14.3. The van der Waals surface area contributed by atoms with Crippen LogP contribution in [-0.4, -0.2) is 20.5 Å². The molecule has 0 aliphatic carbocycles. The quantitative estimate of drug-likeness (QED) is 0.444. The Kier molecular flexibility index (Phi) is 5.14. The first kappa shape index (κ1) is 16.7. The van der Waals surface area contributed by atoms with Crippen molar-refractivity contribution in [3.63, 3.8) is 0 Å². The first-order chi connectivity index (χ1) is 10.9. The standard InChI is InChI=1S/C13H12ClN5O3S/c1-18-7-10(19(21)22)6-11(18)12(20)16-17-13(23)15-9-4-2-8(14)3-5-9/h2-7H,1H3,(H,16,20)(H2,15,17,23). The van der Waals surface area contributed by atoms with Gasteiger partial charge in [0.2, 0.25) is 0 Å². The van der Waals surface area contributed by atoms with Crippen LogP contribution in [0.25, 0.3) is 0 Å². The van der Waals surface area contributed by atoms with Crippen molar-refractivity contribution in [1.82, 2.24) is 15.4 Å². The number of halogens is 1. The molecule has 0 fully saturated rings. The Morgan fingerprint density at radius 2 is 1.96 bits per heavy atom. The van der Waals surface area contributed by atoms with E-state index in [0.717, 1.165) is 0 Å². The van der Waals surface area contributed by atoms with Gasteiger partial charge in [0, 0.05) is 23.8 Å². The van der Waals surface area contributed by atoms with E-state index in [2.05, 4.69) is 16.2 Å². The highest BCUT2D eigenvalue weighted by molar-refractivity contribution is 7.80. The number of hydrazine groups is 1. The zero-order valence-corrected chi connectivity index (χ0v) is 13.4. The lowest BCUT2D eigenvalue weighted by Gasteiger charge is -2.11. The van der Waals surface area contributed by atoms with Crippen molar-refractivity contribution in [2.75, 3.05) is 5.32 Å². The van der Waals surface area contributed by atoms with Crippen molar-refractivity contribution in [1.29, 1.82) is 0 Å². The van der Waals surface area contributed by atoms with Crippen LogP contribution in [0, 0.1) is 10.1 Å². The van der Waals surface area contributed by atoms with Crippen molar-refractivity contribution >= 4 is 46.2 Å². The molecule has 23 heavy (non-hydrogen) atoms. The number of amides is 1. The Labute approximate surface area is 141 Å². The van der Waals surface area contributed by atoms with Crippen LogP contribution < -0.4 is 16.2 Å². The van der Waals surface area contributed by atoms with Crippen LogP contribution >= 0.6 is 23.8 Å². The van der Waals surface area contributed by atoms with Crippen LogP contribution in [0.5, 0.6) is 0 Å². The van der Waals surface area contributed by atoms with Crippen LogP contribution in [0.3, 0.4) is 0 Å². The highest BCUT2D eigenvalue weighted by atomic mass is 35.5. The Balaban J connectivity index is 1.92. The number of thiocarbonyl (C=S) groups is 1. The monoisotopic (exact) mass is 353 g/mol. The lowest BCUT2D eigenvalue weighted by Crippen LogP contribution is -2.44. The number of carbonyl (C=O) groups is 1. The number of nitrogens with zero attached hydrogens (tertiary/aromatic N) is 2. The molecule has 2 rings (SSSR count). The van der Waals surface area contributed by atoms with Crippen molar-refractivity contribution in [3.05, 3.63) is 57.4 Å². The Hall–Kier alpha value is -2.65. The predicted octanol–water partition coefficient (Wildman–Crippen LogP) is 2.22. The fourth-order valence-electron chi connectivity index (χ4n) is 1.75. The van der Waals surface area contributed by atoms with E-state index in [9.17, 15) is 14.9 Å². The molecule has 0 bridgehead atoms. The molecular formula is C13H12ClN5O3S.